The van der Waals surface area contributed by atoms with E-state index in [4.69, 9.17) is 5.11 Å². The van der Waals surface area contributed by atoms with Crippen molar-refractivity contribution in [2.45, 2.75) is 13.3 Å². The Kier molecular flexibility index (Phi) is 4.90. The lowest BCUT2D eigenvalue weighted by molar-refractivity contribution is -0.137. The first-order chi connectivity index (χ1) is 9.97. The molecule has 5 nitrogen and oxygen atoms in total. The fourth-order valence-electron chi connectivity index (χ4n) is 2.39. The Bertz CT molecular complexity index is 540. The van der Waals surface area contributed by atoms with E-state index in [0.29, 0.717) is 32.7 Å². The molecule has 21 heavy (non-hydrogen) atoms. The maximum atomic E-state index is 13.8. The smallest absolute Gasteiger partial charge is 0.304 e. The van der Waals surface area contributed by atoms with E-state index in [1.54, 1.807) is 17.9 Å². The topological polar surface area (TPSA) is 60.9 Å². The molecule has 0 spiro atoms. The van der Waals surface area contributed by atoms with E-state index in [9.17, 15) is 14.0 Å². The third-order valence-corrected chi connectivity index (χ3v) is 3.66. The van der Waals surface area contributed by atoms with Gasteiger partial charge in [-0.15, -0.1) is 0 Å². The molecular formula is C15H19FN2O3. The molecule has 0 atom stereocenters. The van der Waals surface area contributed by atoms with Crippen LogP contribution in [0.4, 0.5) is 4.39 Å². The zero-order valence-corrected chi connectivity index (χ0v) is 12.0. The van der Waals surface area contributed by atoms with Gasteiger partial charge in [-0.25, -0.2) is 4.39 Å². The summed E-state index contributed by atoms with van der Waals surface area (Å²) < 4.78 is 13.8. The number of rotatable bonds is 4. The minimum Gasteiger partial charge on any atom is -0.481 e. The highest BCUT2D eigenvalue weighted by atomic mass is 19.1. The summed E-state index contributed by atoms with van der Waals surface area (Å²) in [6.45, 7) is 4.48. The van der Waals surface area contributed by atoms with Gasteiger partial charge < -0.3 is 10.0 Å². The van der Waals surface area contributed by atoms with E-state index in [1.165, 1.54) is 12.1 Å². The number of nitrogens with zero attached hydrogens (tertiary/aromatic N) is 2. The van der Waals surface area contributed by atoms with Gasteiger partial charge in [-0.05, 0) is 24.6 Å². The average Bonchev–Trinajstić information content (AvgIpc) is 2.45. The lowest BCUT2D eigenvalue weighted by Gasteiger charge is -2.34. The van der Waals surface area contributed by atoms with Crippen LogP contribution in [-0.4, -0.2) is 59.5 Å². The summed E-state index contributed by atoms with van der Waals surface area (Å²) in [6, 6.07) is 4.60. The predicted molar refractivity (Wildman–Crippen MR) is 75.7 cm³/mol. The molecule has 1 aliphatic heterocycles. The number of piperazine rings is 1. The van der Waals surface area contributed by atoms with Crippen LogP contribution in [0.5, 0.6) is 0 Å². The van der Waals surface area contributed by atoms with Gasteiger partial charge in [0.05, 0.1) is 12.0 Å². The average molecular weight is 294 g/mol. The summed E-state index contributed by atoms with van der Waals surface area (Å²) in [5.74, 6) is -1.62. The Morgan fingerprint density at radius 2 is 1.90 bits per heavy atom. The van der Waals surface area contributed by atoms with Crippen molar-refractivity contribution in [2.75, 3.05) is 32.7 Å². The number of carboxylic acid groups (broad SMARTS) is 1. The standard InChI is InChI=1S/C15H19FN2O3/c1-11-2-3-12(13(16)10-11)15(21)18-8-6-17(7-9-18)5-4-14(19)20/h2-3,10H,4-9H2,1H3,(H,19,20). The molecular weight excluding hydrogens is 275 g/mol. The largest absolute Gasteiger partial charge is 0.481 e. The van der Waals surface area contributed by atoms with Crippen LogP contribution in [0, 0.1) is 12.7 Å². The number of carbonyl (C=O) groups is 2. The Morgan fingerprint density at radius 3 is 2.48 bits per heavy atom. The number of amides is 1. The Labute approximate surface area is 123 Å². The molecule has 1 aromatic rings. The first kappa shape index (κ1) is 15.4. The summed E-state index contributed by atoms with van der Waals surface area (Å²) >= 11 is 0. The second-order valence-corrected chi connectivity index (χ2v) is 5.26. The number of carbonyl (C=O) groups excluding carboxylic acids is 1. The van der Waals surface area contributed by atoms with Gasteiger partial charge in [0, 0.05) is 32.7 Å². The lowest BCUT2D eigenvalue weighted by Crippen LogP contribution is -2.49. The van der Waals surface area contributed by atoms with E-state index in [2.05, 4.69) is 0 Å². The molecule has 114 valence electrons. The highest BCUT2D eigenvalue weighted by Crippen LogP contribution is 2.14. The van der Waals surface area contributed by atoms with Gasteiger partial charge in [0.2, 0.25) is 0 Å². The summed E-state index contributed by atoms with van der Waals surface area (Å²) in [5.41, 5.74) is 0.877. The lowest BCUT2D eigenvalue weighted by atomic mass is 10.1. The number of halogens is 1. The molecule has 2 rings (SSSR count). The Hall–Kier alpha value is -1.95. The van der Waals surface area contributed by atoms with Crippen molar-refractivity contribution < 1.29 is 19.1 Å². The maximum Gasteiger partial charge on any atom is 0.304 e. The van der Waals surface area contributed by atoms with Crippen LogP contribution in [0.3, 0.4) is 0 Å². The molecule has 1 amide bonds. The van der Waals surface area contributed by atoms with Crippen LogP contribution in [0.25, 0.3) is 0 Å². The first-order valence-corrected chi connectivity index (χ1v) is 6.97. The number of aryl methyl sites for hydroxylation is 1. The fraction of sp³-hybridized carbons (Fsp3) is 0.467. The van der Waals surface area contributed by atoms with E-state index in [-0.39, 0.29) is 17.9 Å². The van der Waals surface area contributed by atoms with Gasteiger partial charge in [-0.1, -0.05) is 6.07 Å². The van der Waals surface area contributed by atoms with Crippen molar-refractivity contribution >= 4 is 11.9 Å². The third kappa shape index (κ3) is 4.01. The minimum atomic E-state index is -0.824. The van der Waals surface area contributed by atoms with Crippen molar-refractivity contribution in [3.63, 3.8) is 0 Å². The van der Waals surface area contributed by atoms with Crippen molar-refractivity contribution in [3.8, 4) is 0 Å². The second-order valence-electron chi connectivity index (χ2n) is 5.26. The van der Waals surface area contributed by atoms with Gasteiger partial charge in [-0.2, -0.15) is 0 Å². The minimum absolute atomic E-state index is 0.0968. The van der Waals surface area contributed by atoms with E-state index < -0.39 is 11.8 Å². The number of hydrogen-bond donors (Lipinski definition) is 1. The van der Waals surface area contributed by atoms with Crippen molar-refractivity contribution in [3.05, 3.63) is 35.1 Å². The zero-order valence-electron chi connectivity index (χ0n) is 12.0. The Morgan fingerprint density at radius 1 is 1.24 bits per heavy atom. The third-order valence-electron chi connectivity index (χ3n) is 3.66. The fourth-order valence-corrected chi connectivity index (χ4v) is 2.39. The molecule has 1 N–H and O–H groups in total. The highest BCUT2D eigenvalue weighted by Gasteiger charge is 2.24. The van der Waals surface area contributed by atoms with Gasteiger partial charge >= 0.3 is 5.97 Å². The van der Waals surface area contributed by atoms with Crippen LogP contribution < -0.4 is 0 Å². The van der Waals surface area contributed by atoms with Gasteiger partial charge in [0.15, 0.2) is 0 Å². The second kappa shape index (κ2) is 6.67. The normalized spacial score (nSPS) is 16.0. The van der Waals surface area contributed by atoms with E-state index in [0.717, 1.165) is 5.56 Å². The summed E-state index contributed by atoms with van der Waals surface area (Å²) in [4.78, 5) is 26.4. The molecule has 0 bridgehead atoms. The summed E-state index contributed by atoms with van der Waals surface area (Å²) in [5, 5.41) is 8.65. The monoisotopic (exact) mass is 294 g/mol. The summed E-state index contributed by atoms with van der Waals surface area (Å²) in [6.07, 6.45) is 0.0978. The van der Waals surface area contributed by atoms with Crippen LogP contribution in [0.2, 0.25) is 0 Å². The molecule has 1 saturated heterocycles. The molecule has 1 aliphatic rings. The molecule has 0 aromatic heterocycles. The van der Waals surface area contributed by atoms with Crippen molar-refractivity contribution in [1.82, 2.24) is 9.80 Å². The van der Waals surface area contributed by atoms with E-state index >= 15 is 0 Å². The highest BCUT2D eigenvalue weighted by molar-refractivity contribution is 5.94. The molecule has 0 radical (unpaired) electrons. The van der Waals surface area contributed by atoms with Gasteiger partial charge in [0.1, 0.15) is 5.82 Å². The van der Waals surface area contributed by atoms with Crippen LogP contribution in [-0.2, 0) is 4.79 Å². The zero-order chi connectivity index (χ0) is 15.4. The SMILES string of the molecule is Cc1ccc(C(=O)N2CCN(CCC(=O)O)CC2)c(F)c1. The number of carboxylic acids is 1. The van der Waals surface area contributed by atoms with Crippen LogP contribution in [0.1, 0.15) is 22.3 Å². The predicted octanol–water partition coefficient (Wildman–Crippen LogP) is 1.37. The number of hydrogen-bond acceptors (Lipinski definition) is 3. The molecule has 1 aromatic carbocycles. The van der Waals surface area contributed by atoms with Gasteiger partial charge in [0.25, 0.3) is 5.91 Å². The van der Waals surface area contributed by atoms with Crippen molar-refractivity contribution in [2.24, 2.45) is 0 Å². The summed E-state index contributed by atoms with van der Waals surface area (Å²) in [7, 11) is 0. The van der Waals surface area contributed by atoms with Crippen molar-refractivity contribution in [1.29, 1.82) is 0 Å². The van der Waals surface area contributed by atoms with E-state index in [1.807, 2.05) is 4.90 Å². The molecule has 0 unspecified atom stereocenters. The molecule has 6 heteroatoms. The number of aliphatic carboxylic acids is 1. The molecule has 1 heterocycles. The molecule has 0 aliphatic carbocycles. The van der Waals surface area contributed by atoms with Crippen LogP contribution in [0.15, 0.2) is 18.2 Å². The first-order valence-electron chi connectivity index (χ1n) is 6.97. The van der Waals surface area contributed by atoms with Crippen LogP contribution >= 0.6 is 0 Å². The molecule has 1 fully saturated rings. The maximum absolute atomic E-state index is 13.8. The number of benzene rings is 1. The molecule has 0 saturated carbocycles. The van der Waals surface area contributed by atoms with Gasteiger partial charge in [-0.3, -0.25) is 14.5 Å². The quantitative estimate of drug-likeness (QED) is 0.911. The Balaban J connectivity index is 1.92.